The first-order valence-corrected chi connectivity index (χ1v) is 11.8. The second kappa shape index (κ2) is 11.9. The van der Waals surface area contributed by atoms with Gasteiger partial charge < -0.3 is 15.7 Å². The van der Waals surface area contributed by atoms with Gasteiger partial charge in [0.15, 0.2) is 5.65 Å². The molecule has 0 bridgehead atoms. The quantitative estimate of drug-likeness (QED) is 0.252. The van der Waals surface area contributed by atoms with Gasteiger partial charge in [0.05, 0.1) is 18.8 Å². The third kappa shape index (κ3) is 6.97. The minimum atomic E-state index is -0.323. The van der Waals surface area contributed by atoms with Crippen LogP contribution in [0.25, 0.3) is 11.2 Å². The highest BCUT2D eigenvalue weighted by molar-refractivity contribution is 5.89. The van der Waals surface area contributed by atoms with Gasteiger partial charge in [0, 0.05) is 6.54 Å². The zero-order chi connectivity index (χ0) is 24.5. The fourth-order valence-corrected chi connectivity index (χ4v) is 3.80. The van der Waals surface area contributed by atoms with Crippen molar-refractivity contribution in [3.8, 4) is 0 Å². The van der Waals surface area contributed by atoms with E-state index in [-0.39, 0.29) is 18.7 Å². The number of carbonyl (C=O) groups excluding carboxylic acids is 1. The van der Waals surface area contributed by atoms with Gasteiger partial charge in [-0.15, -0.1) is 0 Å². The molecule has 8 heteroatoms. The molecule has 2 heterocycles. The molecule has 8 nitrogen and oxygen atoms in total. The van der Waals surface area contributed by atoms with Gasteiger partial charge in [-0.1, -0.05) is 60.2 Å². The monoisotopic (exact) mass is 470 g/mol. The van der Waals surface area contributed by atoms with Gasteiger partial charge in [0.2, 0.25) is 0 Å². The number of rotatable bonds is 10. The van der Waals surface area contributed by atoms with Crippen LogP contribution >= 0.6 is 0 Å². The Labute approximate surface area is 204 Å². The molecule has 2 aromatic heterocycles. The van der Waals surface area contributed by atoms with Gasteiger partial charge in [-0.25, -0.2) is 19.7 Å². The van der Waals surface area contributed by atoms with E-state index in [0.717, 1.165) is 30.4 Å². The Bertz CT molecular complexity index is 1270. The van der Waals surface area contributed by atoms with Gasteiger partial charge in [0.25, 0.3) is 0 Å². The Balaban J connectivity index is 1.32. The number of unbranched alkanes of at least 4 members (excludes halogenated alkanes) is 1. The van der Waals surface area contributed by atoms with E-state index in [1.165, 1.54) is 5.56 Å². The van der Waals surface area contributed by atoms with Crippen molar-refractivity contribution in [3.05, 3.63) is 89.6 Å². The Hall–Kier alpha value is -4.04. The predicted octanol–water partition coefficient (Wildman–Crippen LogP) is 4.62. The van der Waals surface area contributed by atoms with E-state index in [2.05, 4.69) is 43.0 Å². The normalized spacial score (nSPS) is 11.7. The molecular formula is C27H30N6O2. The number of fused-ring (bicyclic) bond motifs is 1. The summed E-state index contributed by atoms with van der Waals surface area (Å²) in [5.41, 5.74) is 4.38. The van der Waals surface area contributed by atoms with Crippen LogP contribution in [0, 0.1) is 6.92 Å². The first-order valence-electron chi connectivity index (χ1n) is 11.8. The van der Waals surface area contributed by atoms with E-state index >= 15 is 0 Å². The average Bonchev–Trinajstić information content (AvgIpc) is 2.87. The fraction of sp³-hybridized carbons (Fsp3) is 0.259. The van der Waals surface area contributed by atoms with Crippen LogP contribution < -0.4 is 16.0 Å². The van der Waals surface area contributed by atoms with Crippen LogP contribution in [0.4, 0.5) is 16.4 Å². The molecule has 0 aliphatic heterocycles. The molecular weight excluding hydrogens is 440 g/mol. The van der Waals surface area contributed by atoms with Gasteiger partial charge in [-0.2, -0.15) is 0 Å². The highest BCUT2D eigenvalue weighted by Gasteiger charge is 2.12. The summed E-state index contributed by atoms with van der Waals surface area (Å²) >= 11 is 0. The number of aliphatic hydroxyl groups excluding tert-OH is 1. The molecule has 0 radical (unpaired) electrons. The number of benzene rings is 2. The van der Waals surface area contributed by atoms with Gasteiger partial charge in [-0.05, 0) is 49.4 Å². The van der Waals surface area contributed by atoms with Crippen molar-refractivity contribution in [3.63, 3.8) is 0 Å². The lowest BCUT2D eigenvalue weighted by molar-refractivity contribution is 0.252. The summed E-state index contributed by atoms with van der Waals surface area (Å²) < 4.78 is 0. The summed E-state index contributed by atoms with van der Waals surface area (Å²) in [4.78, 5) is 25.6. The van der Waals surface area contributed by atoms with Crippen LogP contribution in [0.5, 0.6) is 0 Å². The molecule has 0 spiro atoms. The maximum absolute atomic E-state index is 12.3. The number of urea groups is 1. The summed E-state index contributed by atoms with van der Waals surface area (Å²) in [6.45, 7) is 2.50. The summed E-state index contributed by atoms with van der Waals surface area (Å²) in [6.07, 6.45) is 4.49. The summed E-state index contributed by atoms with van der Waals surface area (Å²) in [5.74, 6) is 0.883. The molecule has 4 N–H and O–H groups in total. The third-order valence-corrected chi connectivity index (χ3v) is 5.62. The maximum atomic E-state index is 12.3. The molecule has 0 saturated heterocycles. The van der Waals surface area contributed by atoms with Gasteiger partial charge in [-0.3, -0.25) is 5.32 Å². The van der Waals surface area contributed by atoms with Crippen LogP contribution in [0.1, 0.15) is 35.6 Å². The molecule has 0 aliphatic carbocycles. The number of pyridine rings is 1. The second-order valence-corrected chi connectivity index (χ2v) is 8.41. The average molecular weight is 471 g/mol. The smallest absolute Gasteiger partial charge is 0.320 e. The lowest BCUT2D eigenvalue weighted by atomic mass is 10.1. The molecule has 0 aliphatic rings. The molecule has 1 atom stereocenters. The third-order valence-electron chi connectivity index (χ3n) is 5.62. The van der Waals surface area contributed by atoms with E-state index in [1.807, 2.05) is 49.4 Å². The Morgan fingerprint density at radius 2 is 1.80 bits per heavy atom. The SMILES string of the molecule is Cc1cccc([C@@H](CO)Nc2cnc3ccc(NC(=O)NCCCCc4ccccc4)nc3n2)c1. The molecule has 4 aromatic rings. The first kappa shape index (κ1) is 24.1. The van der Waals surface area contributed by atoms with Gasteiger partial charge >= 0.3 is 6.03 Å². The van der Waals surface area contributed by atoms with Crippen molar-refractivity contribution >= 4 is 28.8 Å². The number of aryl methyl sites for hydroxylation is 2. The van der Waals surface area contributed by atoms with E-state index < -0.39 is 0 Å². The van der Waals surface area contributed by atoms with Crippen LogP contribution in [0.3, 0.4) is 0 Å². The van der Waals surface area contributed by atoms with Crippen LogP contribution in [-0.2, 0) is 6.42 Å². The number of anilines is 2. The zero-order valence-corrected chi connectivity index (χ0v) is 19.7. The molecule has 4 rings (SSSR count). The zero-order valence-electron chi connectivity index (χ0n) is 19.7. The largest absolute Gasteiger partial charge is 0.394 e. The summed E-state index contributed by atoms with van der Waals surface area (Å²) in [5, 5.41) is 18.7. The number of amides is 2. The molecule has 0 unspecified atom stereocenters. The van der Waals surface area contributed by atoms with Crippen LogP contribution in [0.15, 0.2) is 72.9 Å². The fourth-order valence-electron chi connectivity index (χ4n) is 3.80. The number of hydrogen-bond acceptors (Lipinski definition) is 6. The lowest BCUT2D eigenvalue weighted by Gasteiger charge is -2.17. The number of aromatic nitrogens is 3. The van der Waals surface area contributed by atoms with Crippen molar-refractivity contribution in [2.24, 2.45) is 0 Å². The summed E-state index contributed by atoms with van der Waals surface area (Å²) in [7, 11) is 0. The number of nitrogens with one attached hydrogen (secondary N) is 3. The molecule has 0 saturated carbocycles. The number of aliphatic hydroxyl groups is 1. The number of hydrogen-bond donors (Lipinski definition) is 4. The van der Waals surface area contributed by atoms with Crippen molar-refractivity contribution in [2.45, 2.75) is 32.2 Å². The predicted molar refractivity (Wildman–Crippen MR) is 138 cm³/mol. The Morgan fingerprint density at radius 1 is 0.971 bits per heavy atom. The van der Waals surface area contributed by atoms with Crippen molar-refractivity contribution < 1.29 is 9.90 Å². The number of carbonyl (C=O) groups is 1. The van der Waals surface area contributed by atoms with E-state index in [0.29, 0.717) is 29.3 Å². The molecule has 0 fully saturated rings. The van der Waals surface area contributed by atoms with Crippen molar-refractivity contribution in [1.82, 2.24) is 20.3 Å². The second-order valence-electron chi connectivity index (χ2n) is 8.41. The highest BCUT2D eigenvalue weighted by Crippen LogP contribution is 2.20. The molecule has 180 valence electrons. The molecule has 35 heavy (non-hydrogen) atoms. The minimum Gasteiger partial charge on any atom is -0.394 e. The van der Waals surface area contributed by atoms with Crippen molar-refractivity contribution in [1.29, 1.82) is 0 Å². The van der Waals surface area contributed by atoms with Crippen LogP contribution in [0.2, 0.25) is 0 Å². The van der Waals surface area contributed by atoms with E-state index in [9.17, 15) is 9.90 Å². The van der Waals surface area contributed by atoms with E-state index in [1.54, 1.807) is 18.3 Å². The Morgan fingerprint density at radius 3 is 2.60 bits per heavy atom. The number of nitrogens with zero attached hydrogens (tertiary/aromatic N) is 3. The topological polar surface area (TPSA) is 112 Å². The Kier molecular flexibility index (Phi) is 8.19. The molecule has 2 amide bonds. The molecule has 2 aromatic carbocycles. The van der Waals surface area contributed by atoms with E-state index in [4.69, 9.17) is 0 Å². The standard InChI is InChI=1S/C27H30N6O2/c1-19-8-7-12-21(16-19)23(18-34)30-25-17-29-22-13-14-24(31-26(22)32-25)33-27(35)28-15-6-5-11-20-9-3-2-4-10-20/h2-4,7-10,12-14,16-17,23,34H,5-6,11,15,18H2,1H3,(H3,28,30,31,32,33,35)/t23-/m1/s1. The summed E-state index contributed by atoms with van der Waals surface area (Å²) in [6, 6.07) is 21.1. The highest BCUT2D eigenvalue weighted by atomic mass is 16.3. The minimum absolute atomic E-state index is 0.0935. The van der Waals surface area contributed by atoms with Crippen molar-refractivity contribution in [2.75, 3.05) is 23.8 Å². The first-order chi connectivity index (χ1) is 17.1. The van der Waals surface area contributed by atoms with Gasteiger partial charge in [0.1, 0.15) is 17.2 Å². The maximum Gasteiger partial charge on any atom is 0.320 e. The lowest BCUT2D eigenvalue weighted by Crippen LogP contribution is -2.29. The van der Waals surface area contributed by atoms with Crippen LogP contribution in [-0.4, -0.2) is 39.2 Å².